The van der Waals surface area contributed by atoms with Gasteiger partial charge in [-0.05, 0) is 71.7 Å². The van der Waals surface area contributed by atoms with Crippen molar-refractivity contribution in [3.63, 3.8) is 0 Å². The summed E-state index contributed by atoms with van der Waals surface area (Å²) in [6.45, 7) is 0. The zero-order chi connectivity index (χ0) is 29.7. The summed E-state index contributed by atoms with van der Waals surface area (Å²) in [5.74, 6) is -2.64. The first-order valence-electron chi connectivity index (χ1n) is 13.9. The molecule has 3 aromatic heterocycles. The molecule has 12 heteroatoms. The van der Waals surface area contributed by atoms with E-state index in [0.717, 1.165) is 22.9 Å². The van der Waals surface area contributed by atoms with Crippen LogP contribution in [0.5, 0.6) is 0 Å². The summed E-state index contributed by atoms with van der Waals surface area (Å²) in [6.07, 6.45) is 6.13. The van der Waals surface area contributed by atoms with E-state index in [1.54, 1.807) is 36.7 Å². The van der Waals surface area contributed by atoms with Crippen LogP contribution in [0.2, 0.25) is 0 Å². The Morgan fingerprint density at radius 3 is 2.72 bits per heavy atom. The highest BCUT2D eigenvalue weighted by molar-refractivity contribution is 6.06. The van der Waals surface area contributed by atoms with Gasteiger partial charge in [0.15, 0.2) is 11.6 Å². The molecule has 4 aromatic rings. The largest absolute Gasteiger partial charge is 0.344 e. The quantitative estimate of drug-likeness (QED) is 0.141. The summed E-state index contributed by atoms with van der Waals surface area (Å²) in [4.78, 5) is 43.0. The lowest BCUT2D eigenvalue weighted by Crippen LogP contribution is -2.35. The fourth-order valence-electron chi connectivity index (χ4n) is 6.78. The zero-order valence-corrected chi connectivity index (χ0v) is 22.7. The third-order valence-electron chi connectivity index (χ3n) is 8.80. The Kier molecular flexibility index (Phi) is 6.36. The van der Waals surface area contributed by atoms with Crippen LogP contribution in [-0.4, -0.2) is 26.8 Å². The number of fused-ring (bicyclic) bond motifs is 4. The summed E-state index contributed by atoms with van der Waals surface area (Å²) < 4.78 is 29.1. The molecule has 1 spiro atoms. The number of pyridine rings is 3. The molecule has 2 aliphatic carbocycles. The molecule has 214 valence electrons. The minimum absolute atomic E-state index is 0.101. The molecule has 0 saturated heterocycles. The van der Waals surface area contributed by atoms with E-state index >= 15 is 0 Å². The molecule has 2 N–H and O–H groups in total. The van der Waals surface area contributed by atoms with Crippen LogP contribution in [0.4, 0.5) is 14.6 Å². The molecule has 4 atom stereocenters. The predicted octanol–water partition coefficient (Wildman–Crippen LogP) is 5.54. The van der Waals surface area contributed by atoms with Crippen molar-refractivity contribution in [3.05, 3.63) is 128 Å². The fourth-order valence-corrected chi connectivity index (χ4v) is 6.78. The average Bonchev–Trinajstić information content (AvgIpc) is 3.49. The number of hydrogen-bond acceptors (Lipinski definition) is 6. The molecule has 0 fully saturated rings. The van der Waals surface area contributed by atoms with Gasteiger partial charge in [0.1, 0.15) is 5.82 Å². The Bertz CT molecular complexity index is 1860. The summed E-state index contributed by atoms with van der Waals surface area (Å²) >= 11 is 0. The van der Waals surface area contributed by atoms with Crippen LogP contribution in [0, 0.1) is 11.6 Å². The van der Waals surface area contributed by atoms with Crippen LogP contribution in [0.25, 0.3) is 10.4 Å². The summed E-state index contributed by atoms with van der Waals surface area (Å²) in [5.41, 5.74) is 12.4. The number of nitrogens with one attached hydrogen (secondary N) is 2. The molecule has 1 aromatic carbocycles. The van der Waals surface area contributed by atoms with Gasteiger partial charge in [-0.3, -0.25) is 19.6 Å². The van der Waals surface area contributed by atoms with E-state index in [4.69, 9.17) is 0 Å². The van der Waals surface area contributed by atoms with Crippen molar-refractivity contribution in [1.29, 1.82) is 0 Å². The Labute approximate surface area is 244 Å². The second kappa shape index (κ2) is 10.2. The molecule has 0 bridgehead atoms. The monoisotopic (exact) mass is 578 g/mol. The lowest BCUT2D eigenvalue weighted by molar-refractivity contribution is -0.120. The first kappa shape index (κ1) is 26.7. The lowest BCUT2D eigenvalue weighted by Gasteiger charge is -2.23. The van der Waals surface area contributed by atoms with E-state index in [9.17, 15) is 23.9 Å². The van der Waals surface area contributed by atoms with Gasteiger partial charge in [0, 0.05) is 41.2 Å². The number of rotatable bonds is 4. The molecule has 4 heterocycles. The maximum absolute atomic E-state index is 14.9. The molecule has 3 aliphatic rings. The smallest absolute Gasteiger partial charge is 0.253 e. The van der Waals surface area contributed by atoms with Crippen LogP contribution >= 0.6 is 0 Å². The lowest BCUT2D eigenvalue weighted by atomic mass is 9.80. The Morgan fingerprint density at radius 1 is 1.05 bits per heavy atom. The predicted molar refractivity (Wildman–Crippen MR) is 151 cm³/mol. The van der Waals surface area contributed by atoms with Gasteiger partial charge >= 0.3 is 0 Å². The number of amides is 2. The molecule has 7 rings (SSSR count). The number of aromatic nitrogens is 3. The highest BCUT2D eigenvalue weighted by Crippen LogP contribution is 2.47. The minimum Gasteiger partial charge on any atom is -0.344 e. The number of carbonyl (C=O) groups is 2. The Balaban J connectivity index is 1.18. The first-order valence-corrected chi connectivity index (χ1v) is 13.9. The second-order valence-corrected chi connectivity index (χ2v) is 11.1. The fraction of sp³-hybridized carbons (Fsp3) is 0.258. The SMILES string of the molecule is [N-]=[N+]=N[C@H]1c2cccnc2[C@H](NC(=O)c2cnc3c(c2)CC2(C3)C(=O)Nc3ncccc32)CC[C@H]1c1cccc(F)c1F. The van der Waals surface area contributed by atoms with Crippen LogP contribution < -0.4 is 10.6 Å². The maximum atomic E-state index is 14.9. The van der Waals surface area contributed by atoms with Crippen molar-refractivity contribution in [2.45, 2.75) is 49.1 Å². The van der Waals surface area contributed by atoms with Crippen molar-refractivity contribution in [3.8, 4) is 0 Å². The molecule has 1 aliphatic heterocycles. The number of carbonyl (C=O) groups excluding carboxylic acids is 2. The first-order chi connectivity index (χ1) is 20.9. The number of benzene rings is 1. The number of anilines is 1. The normalized spacial score (nSPS) is 23.4. The molecule has 10 nitrogen and oxygen atoms in total. The Morgan fingerprint density at radius 2 is 1.86 bits per heavy atom. The van der Waals surface area contributed by atoms with Gasteiger partial charge in [0.25, 0.3) is 5.91 Å². The van der Waals surface area contributed by atoms with Gasteiger partial charge in [0.2, 0.25) is 5.91 Å². The third kappa shape index (κ3) is 4.29. The standard InChI is InChI=1S/C31H24F2N8O2/c32-22-7-1-4-18(25(22)33)19-8-9-23(27-20(5-2-10-35-27)26(19)40-41-34)38-29(42)17-12-16-13-31(14-24(16)37-15-17)21-6-3-11-36-28(21)39-30(31)43/h1-7,10-12,15,19,23,26H,8-9,13-14H2,(H,38,42)(H,36,39,43)/t19-,23+,26+,31?/m0/s1. The van der Waals surface area contributed by atoms with Gasteiger partial charge in [-0.2, -0.15) is 0 Å². The van der Waals surface area contributed by atoms with Crippen molar-refractivity contribution < 1.29 is 18.4 Å². The van der Waals surface area contributed by atoms with Gasteiger partial charge in [-0.15, -0.1) is 0 Å². The van der Waals surface area contributed by atoms with Crippen molar-refractivity contribution in [2.24, 2.45) is 5.11 Å². The van der Waals surface area contributed by atoms with Crippen LogP contribution in [0.1, 0.15) is 74.8 Å². The number of azide groups is 1. The van der Waals surface area contributed by atoms with Crippen molar-refractivity contribution >= 4 is 17.6 Å². The van der Waals surface area contributed by atoms with E-state index in [0.29, 0.717) is 48.3 Å². The van der Waals surface area contributed by atoms with E-state index in [-0.39, 0.29) is 11.5 Å². The zero-order valence-electron chi connectivity index (χ0n) is 22.7. The molecule has 0 saturated carbocycles. The van der Waals surface area contributed by atoms with Crippen molar-refractivity contribution in [1.82, 2.24) is 20.3 Å². The van der Waals surface area contributed by atoms with E-state index in [1.165, 1.54) is 18.3 Å². The summed E-state index contributed by atoms with van der Waals surface area (Å²) in [6, 6.07) is 11.3. The van der Waals surface area contributed by atoms with Crippen molar-refractivity contribution in [2.75, 3.05) is 5.32 Å². The van der Waals surface area contributed by atoms with Gasteiger partial charge < -0.3 is 10.6 Å². The second-order valence-electron chi connectivity index (χ2n) is 11.1. The molecule has 0 radical (unpaired) electrons. The highest BCUT2D eigenvalue weighted by atomic mass is 19.2. The van der Waals surface area contributed by atoms with Crippen LogP contribution in [-0.2, 0) is 23.1 Å². The van der Waals surface area contributed by atoms with Crippen LogP contribution in [0.3, 0.4) is 0 Å². The van der Waals surface area contributed by atoms with Gasteiger partial charge in [-0.1, -0.05) is 29.4 Å². The average molecular weight is 579 g/mol. The number of nitrogens with zero attached hydrogens (tertiary/aromatic N) is 6. The van der Waals surface area contributed by atoms with E-state index in [1.807, 2.05) is 6.07 Å². The molecule has 1 unspecified atom stereocenters. The molecule has 43 heavy (non-hydrogen) atoms. The number of halogens is 2. The Hall–Kier alpha value is -5.22. The van der Waals surface area contributed by atoms with E-state index < -0.39 is 41.0 Å². The van der Waals surface area contributed by atoms with E-state index in [2.05, 4.69) is 35.6 Å². The third-order valence-corrected chi connectivity index (χ3v) is 8.80. The van der Waals surface area contributed by atoms with Gasteiger partial charge in [-0.25, -0.2) is 13.8 Å². The minimum atomic E-state index is -0.991. The molecular weight excluding hydrogens is 554 g/mol. The summed E-state index contributed by atoms with van der Waals surface area (Å²) in [5, 5.41) is 9.88. The number of hydrogen-bond donors (Lipinski definition) is 2. The highest BCUT2D eigenvalue weighted by Gasteiger charge is 2.51. The summed E-state index contributed by atoms with van der Waals surface area (Å²) in [7, 11) is 0. The topological polar surface area (TPSA) is 146 Å². The molecule has 2 amide bonds. The van der Waals surface area contributed by atoms with Crippen LogP contribution in [0.15, 0.2) is 72.2 Å². The molecular formula is C31H24F2N8O2. The maximum Gasteiger partial charge on any atom is 0.253 e. The van der Waals surface area contributed by atoms with Gasteiger partial charge in [0.05, 0.1) is 28.8 Å².